The number of hydrogen-bond donors (Lipinski definition) is 0. The lowest BCUT2D eigenvalue weighted by atomic mass is 9.86. The van der Waals surface area contributed by atoms with E-state index in [1.54, 1.807) is 11.3 Å². The van der Waals surface area contributed by atoms with Crippen LogP contribution < -0.4 is 0 Å². The van der Waals surface area contributed by atoms with Gasteiger partial charge in [-0.05, 0) is 63.9 Å². The summed E-state index contributed by atoms with van der Waals surface area (Å²) in [5.74, 6) is 1.51. The van der Waals surface area contributed by atoms with E-state index in [0.717, 1.165) is 22.5 Å². The molecule has 37 heavy (non-hydrogen) atoms. The van der Waals surface area contributed by atoms with Crippen LogP contribution in [0.3, 0.4) is 0 Å². The van der Waals surface area contributed by atoms with E-state index in [1.165, 1.54) is 37.9 Å². The van der Waals surface area contributed by atoms with E-state index in [4.69, 9.17) is 4.98 Å². The molecule has 0 N–H and O–H groups in total. The maximum absolute atomic E-state index is 5.12. The highest BCUT2D eigenvalue weighted by Crippen LogP contribution is 2.38. The Morgan fingerprint density at radius 3 is 2.14 bits per heavy atom. The van der Waals surface area contributed by atoms with Crippen molar-refractivity contribution in [1.82, 2.24) is 9.55 Å². The second-order valence-corrected chi connectivity index (χ2v) is 12.1. The van der Waals surface area contributed by atoms with E-state index in [9.17, 15) is 0 Å². The van der Waals surface area contributed by atoms with Crippen LogP contribution in [0, 0.1) is 0 Å². The van der Waals surface area contributed by atoms with Crippen LogP contribution in [0.5, 0.6) is 0 Å². The Kier molecular flexibility index (Phi) is 5.77. The highest BCUT2D eigenvalue weighted by Gasteiger charge is 2.18. The molecule has 3 heteroatoms. The van der Waals surface area contributed by atoms with Crippen LogP contribution in [0.4, 0.5) is 0 Å². The third-order valence-electron chi connectivity index (χ3n) is 7.28. The summed E-state index contributed by atoms with van der Waals surface area (Å²) in [5, 5.41) is 3.53. The standard InChI is InChI=1S/C34H32N2S/c1-22(2)25-14-19-28-29(21-37-32(28)20-25)33-35-30-8-6-7-9-31(30)36(33)27-17-12-24(13-18-27)23-10-15-26(16-11-23)34(3,4)5/h6-22H,1-5H3. The molecule has 0 radical (unpaired) electrons. The summed E-state index contributed by atoms with van der Waals surface area (Å²) < 4.78 is 3.62. The highest BCUT2D eigenvalue weighted by atomic mass is 32.1. The summed E-state index contributed by atoms with van der Waals surface area (Å²) in [6.07, 6.45) is 0. The SMILES string of the molecule is CC(C)c1ccc2c(-c3nc4ccccc4n3-c3ccc(-c4ccc(C(C)(C)C)cc4)cc3)csc2c1. The fourth-order valence-electron chi connectivity index (χ4n) is 5.01. The number of fused-ring (bicyclic) bond motifs is 2. The maximum atomic E-state index is 5.12. The second kappa shape index (κ2) is 9.00. The lowest BCUT2D eigenvalue weighted by Crippen LogP contribution is -2.10. The zero-order chi connectivity index (χ0) is 25.7. The largest absolute Gasteiger partial charge is 0.292 e. The van der Waals surface area contributed by atoms with Gasteiger partial charge in [0.05, 0.1) is 11.0 Å². The van der Waals surface area contributed by atoms with Gasteiger partial charge in [0.1, 0.15) is 5.82 Å². The third kappa shape index (κ3) is 4.28. The Morgan fingerprint density at radius 1 is 0.784 bits per heavy atom. The van der Waals surface area contributed by atoms with Crippen molar-refractivity contribution in [2.75, 3.05) is 0 Å². The average molecular weight is 501 g/mol. The lowest BCUT2D eigenvalue weighted by molar-refractivity contribution is 0.590. The Hall–Kier alpha value is -3.69. The van der Waals surface area contributed by atoms with Crippen LogP contribution in [0.2, 0.25) is 0 Å². The molecular formula is C34H32N2S. The number of thiophene rings is 1. The molecule has 0 saturated carbocycles. The first kappa shape index (κ1) is 23.7. The predicted molar refractivity (Wildman–Crippen MR) is 160 cm³/mol. The Labute approximate surface area is 223 Å². The van der Waals surface area contributed by atoms with E-state index in [2.05, 4.69) is 136 Å². The van der Waals surface area contributed by atoms with Crippen molar-refractivity contribution in [1.29, 1.82) is 0 Å². The van der Waals surface area contributed by atoms with Gasteiger partial charge in [0.25, 0.3) is 0 Å². The number of para-hydroxylation sites is 2. The molecule has 0 aliphatic rings. The molecule has 0 spiro atoms. The summed E-state index contributed by atoms with van der Waals surface area (Å²) in [4.78, 5) is 5.12. The summed E-state index contributed by atoms with van der Waals surface area (Å²) in [7, 11) is 0. The molecule has 6 rings (SSSR count). The van der Waals surface area contributed by atoms with E-state index in [1.807, 2.05) is 0 Å². The fourth-order valence-corrected chi connectivity index (χ4v) is 6.00. The molecule has 0 unspecified atom stereocenters. The zero-order valence-corrected chi connectivity index (χ0v) is 22.9. The van der Waals surface area contributed by atoms with Gasteiger partial charge < -0.3 is 0 Å². The monoisotopic (exact) mass is 500 g/mol. The van der Waals surface area contributed by atoms with Gasteiger partial charge in [0, 0.05) is 26.7 Å². The predicted octanol–water partition coefficient (Wildman–Crippen LogP) is 10.00. The van der Waals surface area contributed by atoms with Crippen LogP contribution in [-0.2, 0) is 5.41 Å². The number of benzene rings is 4. The topological polar surface area (TPSA) is 17.8 Å². The number of rotatable bonds is 4. The second-order valence-electron chi connectivity index (χ2n) is 11.2. The van der Waals surface area contributed by atoms with Crippen molar-refractivity contribution < 1.29 is 0 Å². The first-order valence-corrected chi connectivity index (χ1v) is 13.9. The quantitative estimate of drug-likeness (QED) is 0.235. The zero-order valence-electron chi connectivity index (χ0n) is 22.1. The van der Waals surface area contributed by atoms with E-state index < -0.39 is 0 Å². The van der Waals surface area contributed by atoms with Crippen LogP contribution >= 0.6 is 11.3 Å². The van der Waals surface area contributed by atoms with Gasteiger partial charge in [-0.3, -0.25) is 4.57 Å². The molecule has 2 heterocycles. The number of hydrogen-bond acceptors (Lipinski definition) is 2. The number of imidazole rings is 1. The Morgan fingerprint density at radius 2 is 1.46 bits per heavy atom. The summed E-state index contributed by atoms with van der Waals surface area (Å²) in [6, 6.07) is 33.1. The average Bonchev–Trinajstić information content (AvgIpc) is 3.49. The first-order valence-electron chi connectivity index (χ1n) is 13.0. The molecule has 0 fully saturated rings. The molecule has 0 atom stereocenters. The van der Waals surface area contributed by atoms with Gasteiger partial charge in [0.15, 0.2) is 0 Å². The Bertz CT molecular complexity index is 1710. The molecule has 0 aliphatic carbocycles. The van der Waals surface area contributed by atoms with E-state index in [0.29, 0.717) is 5.92 Å². The number of nitrogens with zero attached hydrogens (tertiary/aromatic N) is 2. The number of aromatic nitrogens is 2. The molecule has 4 aromatic carbocycles. The van der Waals surface area contributed by atoms with Crippen LogP contribution in [0.15, 0.2) is 96.4 Å². The molecule has 0 saturated heterocycles. The molecule has 2 aromatic heterocycles. The fraction of sp³-hybridized carbons (Fsp3) is 0.206. The van der Waals surface area contributed by atoms with Crippen molar-refractivity contribution in [2.24, 2.45) is 0 Å². The maximum Gasteiger partial charge on any atom is 0.147 e. The van der Waals surface area contributed by atoms with Gasteiger partial charge in [-0.15, -0.1) is 11.3 Å². The van der Waals surface area contributed by atoms with E-state index >= 15 is 0 Å². The van der Waals surface area contributed by atoms with Crippen molar-refractivity contribution in [3.05, 3.63) is 108 Å². The molecule has 0 bridgehead atoms. The minimum Gasteiger partial charge on any atom is -0.292 e. The van der Waals surface area contributed by atoms with E-state index in [-0.39, 0.29) is 5.41 Å². The molecular weight excluding hydrogens is 468 g/mol. The summed E-state index contributed by atoms with van der Waals surface area (Å²) in [5.41, 5.74) is 9.79. The van der Waals surface area contributed by atoms with Crippen LogP contribution in [0.1, 0.15) is 51.7 Å². The third-order valence-corrected chi connectivity index (χ3v) is 8.22. The van der Waals surface area contributed by atoms with Gasteiger partial charge in [-0.25, -0.2) is 4.98 Å². The molecule has 6 aromatic rings. The molecule has 0 amide bonds. The highest BCUT2D eigenvalue weighted by molar-refractivity contribution is 7.17. The summed E-state index contributed by atoms with van der Waals surface area (Å²) >= 11 is 1.80. The minimum absolute atomic E-state index is 0.156. The Balaban J connectivity index is 1.45. The van der Waals surface area contributed by atoms with Crippen LogP contribution in [-0.4, -0.2) is 9.55 Å². The molecule has 2 nitrogen and oxygen atoms in total. The minimum atomic E-state index is 0.156. The van der Waals surface area contributed by atoms with Gasteiger partial charge in [0.2, 0.25) is 0 Å². The molecule has 184 valence electrons. The van der Waals surface area contributed by atoms with Gasteiger partial charge in [-0.2, -0.15) is 0 Å². The van der Waals surface area contributed by atoms with Crippen molar-refractivity contribution in [2.45, 2.75) is 46.0 Å². The summed E-state index contributed by atoms with van der Waals surface area (Å²) in [6.45, 7) is 11.3. The van der Waals surface area contributed by atoms with Crippen molar-refractivity contribution >= 4 is 32.5 Å². The smallest absolute Gasteiger partial charge is 0.147 e. The van der Waals surface area contributed by atoms with Gasteiger partial charge >= 0.3 is 0 Å². The first-order chi connectivity index (χ1) is 17.8. The molecule has 0 aliphatic heterocycles. The van der Waals surface area contributed by atoms with Crippen molar-refractivity contribution in [3.8, 4) is 28.2 Å². The van der Waals surface area contributed by atoms with Crippen molar-refractivity contribution in [3.63, 3.8) is 0 Å². The normalized spacial score (nSPS) is 12.2. The van der Waals surface area contributed by atoms with Gasteiger partial charge in [-0.1, -0.05) is 95.3 Å². The van der Waals surface area contributed by atoms with Crippen LogP contribution in [0.25, 0.3) is 49.3 Å². The lowest BCUT2D eigenvalue weighted by Gasteiger charge is -2.19.